The summed E-state index contributed by atoms with van der Waals surface area (Å²) in [4.78, 5) is 3.67. The lowest BCUT2D eigenvalue weighted by atomic mass is 10.3. The van der Waals surface area contributed by atoms with Crippen LogP contribution in [0.25, 0.3) is 0 Å². The molecule has 0 aliphatic rings. The van der Waals surface area contributed by atoms with Gasteiger partial charge in [-0.1, -0.05) is 15.9 Å². The summed E-state index contributed by atoms with van der Waals surface area (Å²) >= 11 is 4.47. The number of halogens is 2. The monoisotopic (exact) mass is 364 g/mol. The second-order valence-corrected chi connectivity index (χ2v) is 7.46. The van der Waals surface area contributed by atoms with Crippen LogP contribution in [0.1, 0.15) is 5.69 Å². The summed E-state index contributed by atoms with van der Waals surface area (Å²) in [6.07, 6.45) is 0. The van der Waals surface area contributed by atoms with E-state index in [0.717, 1.165) is 10.4 Å². The van der Waals surface area contributed by atoms with Crippen LogP contribution < -0.4 is 0 Å². The lowest BCUT2D eigenvalue weighted by Gasteiger charge is -2.16. The van der Waals surface area contributed by atoms with Crippen LogP contribution >= 0.6 is 27.3 Å². The molecule has 0 atom stereocenters. The van der Waals surface area contributed by atoms with Crippen LogP contribution in [0.15, 0.2) is 38.5 Å². The second kappa shape index (κ2) is 5.66. The number of rotatable bonds is 4. The summed E-state index contributed by atoms with van der Waals surface area (Å²) in [6.45, 7) is 0.112. The molecule has 2 rings (SSSR count). The van der Waals surface area contributed by atoms with Crippen LogP contribution in [0.2, 0.25) is 0 Å². The molecule has 0 bridgehead atoms. The second-order valence-electron chi connectivity index (χ2n) is 3.82. The number of hydrogen-bond donors (Lipinski definition) is 0. The highest BCUT2D eigenvalue weighted by Gasteiger charge is 2.25. The molecule has 0 amide bonds. The number of aromatic nitrogens is 1. The van der Waals surface area contributed by atoms with Gasteiger partial charge in [0.05, 0.1) is 17.7 Å². The Morgan fingerprint density at radius 3 is 2.79 bits per heavy atom. The molecule has 1 aromatic heterocycles. The Morgan fingerprint density at radius 2 is 2.21 bits per heavy atom. The zero-order valence-corrected chi connectivity index (χ0v) is 13.1. The minimum Gasteiger partial charge on any atom is -0.248 e. The number of nitrogens with zero attached hydrogens (tertiary/aromatic N) is 2. The molecule has 0 aliphatic carbocycles. The van der Waals surface area contributed by atoms with Gasteiger partial charge >= 0.3 is 0 Å². The van der Waals surface area contributed by atoms with Crippen molar-refractivity contribution in [3.63, 3.8) is 0 Å². The maximum absolute atomic E-state index is 13.7. The van der Waals surface area contributed by atoms with Gasteiger partial charge in [-0.15, -0.1) is 11.3 Å². The van der Waals surface area contributed by atoms with E-state index >= 15 is 0 Å². The van der Waals surface area contributed by atoms with Crippen molar-refractivity contribution < 1.29 is 12.8 Å². The molecule has 0 unspecified atom stereocenters. The third-order valence-electron chi connectivity index (χ3n) is 2.45. The third-order valence-corrected chi connectivity index (χ3v) is 5.42. The molecule has 1 heterocycles. The van der Waals surface area contributed by atoms with Gasteiger partial charge in [0.1, 0.15) is 10.7 Å². The lowest BCUT2D eigenvalue weighted by Crippen LogP contribution is -2.27. The quantitative estimate of drug-likeness (QED) is 0.837. The van der Waals surface area contributed by atoms with E-state index in [1.54, 1.807) is 10.9 Å². The van der Waals surface area contributed by atoms with Crippen molar-refractivity contribution in [2.45, 2.75) is 11.4 Å². The molecule has 19 heavy (non-hydrogen) atoms. The Balaban J connectivity index is 2.31. The fourth-order valence-electron chi connectivity index (χ4n) is 1.48. The summed E-state index contributed by atoms with van der Waals surface area (Å²) in [5.74, 6) is -0.778. The zero-order valence-electron chi connectivity index (χ0n) is 9.88. The normalized spacial score (nSPS) is 12.0. The predicted molar refractivity (Wildman–Crippen MR) is 74.9 cm³/mol. The molecule has 8 heteroatoms. The molecule has 1 aromatic carbocycles. The summed E-state index contributed by atoms with van der Waals surface area (Å²) in [7, 11) is -2.46. The van der Waals surface area contributed by atoms with E-state index in [1.165, 1.54) is 30.5 Å². The highest BCUT2D eigenvalue weighted by Crippen LogP contribution is 2.23. The fraction of sp³-hybridized carbons (Fsp3) is 0.182. The third kappa shape index (κ3) is 3.19. The van der Waals surface area contributed by atoms with Crippen molar-refractivity contribution in [3.05, 3.63) is 45.1 Å². The molecular weight excluding hydrogens is 355 g/mol. The van der Waals surface area contributed by atoms with Gasteiger partial charge in [0.25, 0.3) is 0 Å². The van der Waals surface area contributed by atoms with Crippen molar-refractivity contribution in [1.29, 1.82) is 0 Å². The van der Waals surface area contributed by atoms with Crippen molar-refractivity contribution in [3.8, 4) is 0 Å². The van der Waals surface area contributed by atoms with Gasteiger partial charge in [-0.25, -0.2) is 17.8 Å². The van der Waals surface area contributed by atoms with Crippen LogP contribution in [-0.4, -0.2) is 24.8 Å². The van der Waals surface area contributed by atoms with Crippen LogP contribution in [0.3, 0.4) is 0 Å². The summed E-state index contributed by atoms with van der Waals surface area (Å²) < 4.78 is 39.8. The van der Waals surface area contributed by atoms with E-state index in [1.807, 2.05) is 0 Å². The fourth-order valence-corrected chi connectivity index (χ4v) is 3.55. The molecule has 0 fully saturated rings. The van der Waals surface area contributed by atoms with E-state index in [0.29, 0.717) is 10.2 Å². The van der Waals surface area contributed by atoms with E-state index in [2.05, 4.69) is 20.9 Å². The van der Waals surface area contributed by atoms with Gasteiger partial charge in [-0.2, -0.15) is 4.31 Å². The molecule has 0 N–H and O–H groups in total. The topological polar surface area (TPSA) is 50.3 Å². The summed E-state index contributed by atoms with van der Waals surface area (Å²) in [6, 6.07) is 3.86. The van der Waals surface area contributed by atoms with Crippen molar-refractivity contribution >= 4 is 37.3 Å². The van der Waals surface area contributed by atoms with Crippen LogP contribution in [-0.2, 0) is 16.6 Å². The van der Waals surface area contributed by atoms with Gasteiger partial charge in [0, 0.05) is 16.9 Å². The van der Waals surface area contributed by atoms with Gasteiger partial charge < -0.3 is 0 Å². The van der Waals surface area contributed by atoms with E-state index in [4.69, 9.17) is 0 Å². The number of benzene rings is 1. The Kier molecular flexibility index (Phi) is 4.34. The average Bonchev–Trinajstić information content (AvgIpc) is 2.81. The van der Waals surface area contributed by atoms with Gasteiger partial charge in [0.2, 0.25) is 10.0 Å². The van der Waals surface area contributed by atoms with E-state index in [9.17, 15) is 12.8 Å². The Morgan fingerprint density at radius 1 is 1.47 bits per heavy atom. The van der Waals surface area contributed by atoms with Crippen molar-refractivity contribution in [1.82, 2.24) is 9.29 Å². The Hall–Kier alpha value is -0.830. The summed E-state index contributed by atoms with van der Waals surface area (Å²) in [5, 5.41) is 1.75. The Bertz CT molecular complexity index is 674. The average molecular weight is 365 g/mol. The van der Waals surface area contributed by atoms with Gasteiger partial charge in [-0.05, 0) is 18.2 Å². The minimum atomic E-state index is -3.86. The van der Waals surface area contributed by atoms with E-state index < -0.39 is 15.8 Å². The summed E-state index contributed by atoms with van der Waals surface area (Å²) in [5.41, 5.74) is 2.25. The van der Waals surface area contributed by atoms with Crippen LogP contribution in [0.4, 0.5) is 4.39 Å². The highest BCUT2D eigenvalue weighted by atomic mass is 79.9. The van der Waals surface area contributed by atoms with Crippen LogP contribution in [0.5, 0.6) is 0 Å². The maximum atomic E-state index is 13.7. The molecule has 2 aromatic rings. The first-order valence-electron chi connectivity index (χ1n) is 5.19. The molecule has 102 valence electrons. The highest BCUT2D eigenvalue weighted by molar-refractivity contribution is 9.10. The Labute approximate surface area is 123 Å². The largest absolute Gasteiger partial charge is 0.248 e. The first kappa shape index (κ1) is 14.6. The van der Waals surface area contributed by atoms with Gasteiger partial charge in [-0.3, -0.25) is 0 Å². The van der Waals surface area contributed by atoms with Crippen molar-refractivity contribution in [2.24, 2.45) is 0 Å². The molecule has 0 saturated carbocycles. The number of sulfonamides is 1. The predicted octanol–water partition coefficient (Wildman–Crippen LogP) is 2.87. The molecular formula is C11H10BrFN2O2S2. The molecule has 0 saturated heterocycles. The van der Waals surface area contributed by atoms with E-state index in [-0.39, 0.29) is 11.4 Å². The van der Waals surface area contributed by atoms with Gasteiger partial charge in [0.15, 0.2) is 0 Å². The minimum absolute atomic E-state index is 0.112. The lowest BCUT2D eigenvalue weighted by molar-refractivity contribution is 0.456. The first-order valence-corrected chi connectivity index (χ1v) is 8.37. The molecule has 0 spiro atoms. The molecule has 4 nitrogen and oxygen atoms in total. The SMILES string of the molecule is CN(Cc1cscn1)S(=O)(=O)c1ccc(Br)cc1F. The molecule has 0 aliphatic heterocycles. The van der Waals surface area contributed by atoms with Crippen molar-refractivity contribution in [2.75, 3.05) is 7.05 Å². The molecule has 0 radical (unpaired) electrons. The first-order chi connectivity index (χ1) is 8.91. The maximum Gasteiger partial charge on any atom is 0.246 e. The number of thiazole rings is 1. The smallest absolute Gasteiger partial charge is 0.246 e. The standard InChI is InChI=1S/C11H10BrFN2O2S2/c1-15(5-9-6-18-7-14-9)19(16,17)11-3-2-8(12)4-10(11)13/h2-4,6-7H,5H2,1H3. The number of hydrogen-bond acceptors (Lipinski definition) is 4. The zero-order chi connectivity index (χ0) is 14.0. The van der Waals surface area contributed by atoms with Crippen LogP contribution in [0, 0.1) is 5.82 Å².